The van der Waals surface area contributed by atoms with Crippen molar-refractivity contribution in [3.8, 4) is 5.75 Å². The van der Waals surface area contributed by atoms with Crippen molar-refractivity contribution in [2.45, 2.75) is 52.6 Å². The van der Waals surface area contributed by atoms with Gasteiger partial charge in [-0.05, 0) is 69.8 Å². The summed E-state index contributed by atoms with van der Waals surface area (Å²) in [6.45, 7) is 18.9. The van der Waals surface area contributed by atoms with E-state index in [0.29, 0.717) is 42.6 Å². The lowest BCUT2D eigenvalue weighted by Crippen LogP contribution is -2.25. The van der Waals surface area contributed by atoms with Crippen molar-refractivity contribution in [3.63, 3.8) is 0 Å². The lowest BCUT2D eigenvalue weighted by molar-refractivity contribution is -0.120. The van der Waals surface area contributed by atoms with E-state index in [1.54, 1.807) is 37.4 Å². The number of methoxy groups -OCH3 is 1. The number of nitrogens with one attached hydrogen (secondary N) is 2. The van der Waals surface area contributed by atoms with Gasteiger partial charge >= 0.3 is 6.03 Å². The maximum absolute atomic E-state index is 11.9. The van der Waals surface area contributed by atoms with Gasteiger partial charge in [-0.3, -0.25) is 19.8 Å². The van der Waals surface area contributed by atoms with Crippen LogP contribution < -0.4 is 15.4 Å². The van der Waals surface area contributed by atoms with Gasteiger partial charge in [0.1, 0.15) is 28.8 Å². The molecule has 12 nitrogen and oxygen atoms in total. The number of benzene rings is 1. The van der Waals surface area contributed by atoms with E-state index in [2.05, 4.69) is 50.4 Å². The third-order valence-electron chi connectivity index (χ3n) is 7.50. The number of ether oxygens (including phenoxy) is 1. The molecule has 2 aromatic rings. The fourth-order valence-corrected chi connectivity index (χ4v) is 4.90. The van der Waals surface area contributed by atoms with Gasteiger partial charge in [-0.25, -0.2) is 19.8 Å². The Kier molecular flexibility index (Phi) is 12.5. The van der Waals surface area contributed by atoms with Gasteiger partial charge in [0, 0.05) is 43.6 Å². The van der Waals surface area contributed by atoms with Crippen LogP contribution in [-0.4, -0.2) is 79.7 Å². The van der Waals surface area contributed by atoms with Crippen molar-refractivity contribution < 1.29 is 23.5 Å². The van der Waals surface area contributed by atoms with Crippen LogP contribution >= 0.6 is 0 Å². The molecule has 4 amide bonds. The number of aryl methyl sites for hydroxylation is 1. The SMILES string of the molecule is C=C.C=NC(CN1CCCC1)=N/C=C(\C)C(C)=Nc1cc(C2NC(=O)NC2=O)oc1CC.COc1ccc2c(c1)C(=O)N(C)C2. The number of imide groups is 1. The third-order valence-corrected chi connectivity index (χ3v) is 7.50. The number of likely N-dealkylation sites (tertiary alicyclic amines) is 1. The van der Waals surface area contributed by atoms with E-state index in [-0.39, 0.29) is 5.91 Å². The first-order valence-electron chi connectivity index (χ1n) is 14.8. The number of fused-ring (bicyclic) bond motifs is 1. The van der Waals surface area contributed by atoms with Gasteiger partial charge < -0.3 is 19.4 Å². The van der Waals surface area contributed by atoms with E-state index in [1.807, 2.05) is 32.9 Å². The standard InChI is InChI=1S/C21H28N6O3.C10H11NO2.C2H4/c1-5-16-15(10-17(30-16)19-20(28)26-21(29)25-19)24-14(3)13(2)11-23-18(22-4)12-27-8-6-7-9-27;1-11-6-7-3-4-8(13-2)5-9(7)10(11)12;1-2/h10-11,19H,4-9,12H2,1-3H3,(H2,25,26,28,29);3-5H,6H2,1-2H3;1-2H2/b13-11+,23-18?,24-14?;;. The van der Waals surface area contributed by atoms with Crippen molar-refractivity contribution in [1.82, 2.24) is 20.4 Å². The number of furan rings is 1. The van der Waals surface area contributed by atoms with Crippen molar-refractivity contribution in [3.05, 3.63) is 71.8 Å². The van der Waals surface area contributed by atoms with Crippen LogP contribution in [0.1, 0.15) is 67.1 Å². The number of aliphatic imine (C=N–C) groups is 3. The number of amidine groups is 1. The minimum absolute atomic E-state index is 0.0777. The minimum Gasteiger partial charge on any atom is -0.497 e. The molecule has 0 bridgehead atoms. The molecule has 45 heavy (non-hydrogen) atoms. The van der Waals surface area contributed by atoms with Crippen LogP contribution in [0.15, 0.2) is 68.6 Å². The monoisotopic (exact) mass is 617 g/mol. The zero-order valence-electron chi connectivity index (χ0n) is 26.8. The lowest BCUT2D eigenvalue weighted by Gasteiger charge is -2.13. The van der Waals surface area contributed by atoms with Crippen LogP contribution in [0.4, 0.5) is 10.5 Å². The van der Waals surface area contributed by atoms with Gasteiger partial charge in [0.25, 0.3) is 11.8 Å². The zero-order chi connectivity index (χ0) is 33.1. The molecule has 0 radical (unpaired) electrons. The Balaban J connectivity index is 0.000000305. The summed E-state index contributed by atoms with van der Waals surface area (Å²) in [7, 11) is 3.40. The number of carbonyl (C=O) groups excluding carboxylic acids is 3. The van der Waals surface area contributed by atoms with Crippen molar-refractivity contribution >= 4 is 41.8 Å². The van der Waals surface area contributed by atoms with Crippen molar-refractivity contribution in [2.75, 3.05) is 33.8 Å². The molecule has 240 valence electrons. The summed E-state index contributed by atoms with van der Waals surface area (Å²) in [5.41, 5.74) is 4.13. The molecule has 3 aliphatic rings. The number of urea groups is 1. The summed E-state index contributed by atoms with van der Waals surface area (Å²) in [4.78, 5) is 52.0. The van der Waals surface area contributed by atoms with Crippen molar-refractivity contribution in [2.24, 2.45) is 15.0 Å². The topological polar surface area (TPSA) is 141 Å². The number of carbonyl (C=O) groups is 3. The highest BCUT2D eigenvalue weighted by atomic mass is 16.5. The second kappa shape index (κ2) is 16.3. The largest absolute Gasteiger partial charge is 0.497 e. The number of hydrogen-bond acceptors (Lipinski definition) is 8. The molecule has 5 rings (SSSR count). The second-order valence-corrected chi connectivity index (χ2v) is 10.6. The quantitative estimate of drug-likeness (QED) is 0.185. The summed E-state index contributed by atoms with van der Waals surface area (Å²) >= 11 is 0. The molecule has 1 aromatic carbocycles. The number of allylic oxidation sites excluding steroid dienone is 1. The van der Waals surface area contributed by atoms with E-state index in [0.717, 1.165) is 41.3 Å². The van der Waals surface area contributed by atoms with Crippen LogP contribution in [0.5, 0.6) is 5.75 Å². The van der Waals surface area contributed by atoms with Crippen LogP contribution in [0.2, 0.25) is 0 Å². The number of amides is 4. The lowest BCUT2D eigenvalue weighted by atomic mass is 10.1. The first kappa shape index (κ1) is 34.6. The third kappa shape index (κ3) is 8.85. The summed E-state index contributed by atoms with van der Waals surface area (Å²) in [5.74, 6) is 2.09. The number of rotatable bonds is 8. The van der Waals surface area contributed by atoms with Crippen LogP contribution in [-0.2, 0) is 17.8 Å². The predicted molar refractivity (Wildman–Crippen MR) is 177 cm³/mol. The molecule has 1 atom stereocenters. The van der Waals surface area contributed by atoms with E-state index < -0.39 is 18.0 Å². The molecular formula is C33H43N7O5. The Labute approximate surface area is 264 Å². The van der Waals surface area contributed by atoms with E-state index in [4.69, 9.17) is 9.15 Å². The Hall–Kier alpha value is -4.84. The zero-order valence-corrected chi connectivity index (χ0v) is 26.8. The normalized spacial score (nSPS) is 18.4. The van der Waals surface area contributed by atoms with Gasteiger partial charge in [-0.2, -0.15) is 0 Å². The van der Waals surface area contributed by atoms with Crippen LogP contribution in [0, 0.1) is 0 Å². The molecule has 1 unspecified atom stereocenters. The molecule has 1 aromatic heterocycles. The second-order valence-electron chi connectivity index (χ2n) is 10.6. The summed E-state index contributed by atoms with van der Waals surface area (Å²) in [5, 5.41) is 4.74. The molecule has 0 saturated carbocycles. The Morgan fingerprint density at radius 1 is 1.16 bits per heavy atom. The fraction of sp³-hybridized carbons (Fsp3) is 0.394. The molecule has 2 N–H and O–H groups in total. The minimum atomic E-state index is -0.833. The fourth-order valence-electron chi connectivity index (χ4n) is 4.90. The molecular weight excluding hydrogens is 574 g/mol. The highest BCUT2D eigenvalue weighted by Gasteiger charge is 2.34. The smallest absolute Gasteiger partial charge is 0.322 e. The Morgan fingerprint density at radius 2 is 1.87 bits per heavy atom. The number of hydrogen-bond donors (Lipinski definition) is 2. The Bertz CT molecular complexity index is 1500. The van der Waals surface area contributed by atoms with Crippen LogP contribution in [0.25, 0.3) is 0 Å². The molecule has 2 saturated heterocycles. The molecule has 12 heteroatoms. The highest BCUT2D eigenvalue weighted by Crippen LogP contribution is 2.30. The molecule has 4 heterocycles. The van der Waals surface area contributed by atoms with E-state index in [1.165, 1.54) is 12.8 Å². The summed E-state index contributed by atoms with van der Waals surface area (Å²) < 4.78 is 10.8. The van der Waals surface area contributed by atoms with E-state index in [9.17, 15) is 14.4 Å². The number of nitrogens with zero attached hydrogens (tertiary/aromatic N) is 5. The maximum Gasteiger partial charge on any atom is 0.322 e. The van der Waals surface area contributed by atoms with Gasteiger partial charge in [0.05, 0.1) is 13.7 Å². The van der Waals surface area contributed by atoms with Gasteiger partial charge in [-0.15, -0.1) is 13.2 Å². The molecule has 2 fully saturated rings. The van der Waals surface area contributed by atoms with Gasteiger partial charge in [0.2, 0.25) is 0 Å². The predicted octanol–water partition coefficient (Wildman–Crippen LogP) is 5.00. The summed E-state index contributed by atoms with van der Waals surface area (Å²) in [6, 6.07) is 5.94. The van der Waals surface area contributed by atoms with Crippen molar-refractivity contribution in [1.29, 1.82) is 0 Å². The Morgan fingerprint density at radius 3 is 2.47 bits per heavy atom. The summed E-state index contributed by atoms with van der Waals surface area (Å²) in [6.07, 6.45) is 4.78. The van der Waals surface area contributed by atoms with Crippen LogP contribution in [0.3, 0.4) is 0 Å². The average molecular weight is 618 g/mol. The first-order valence-corrected chi connectivity index (χ1v) is 14.8. The average Bonchev–Trinajstić information content (AvgIpc) is 3.84. The van der Waals surface area contributed by atoms with E-state index >= 15 is 0 Å². The maximum atomic E-state index is 11.9. The molecule has 3 aliphatic heterocycles. The highest BCUT2D eigenvalue weighted by molar-refractivity contribution is 6.04. The molecule has 0 spiro atoms. The van der Waals surface area contributed by atoms with Gasteiger partial charge in [-0.1, -0.05) is 13.0 Å². The first-order chi connectivity index (χ1) is 21.6. The molecule has 0 aliphatic carbocycles. The van der Waals surface area contributed by atoms with Gasteiger partial charge in [0.15, 0.2) is 6.04 Å².